The number of nitrogens with zero attached hydrogens (tertiary/aromatic N) is 1. The zero-order valence-corrected chi connectivity index (χ0v) is 10.6. The van der Waals surface area contributed by atoms with Crippen LogP contribution in [0.25, 0.3) is 0 Å². The van der Waals surface area contributed by atoms with E-state index in [9.17, 15) is 14.7 Å². The fourth-order valence-electron chi connectivity index (χ4n) is 2.05. The number of nitrogens with one attached hydrogen (secondary N) is 2. The number of hydrogen-bond acceptors (Lipinski definition) is 4. The predicted octanol–water partition coefficient (Wildman–Crippen LogP) is -0.323. The molecule has 98 valence electrons. The number of carbonyl (C=O) groups is 2. The van der Waals surface area contributed by atoms with Crippen LogP contribution in [0.5, 0.6) is 0 Å². The van der Waals surface area contributed by atoms with Gasteiger partial charge in [0.2, 0.25) is 5.91 Å². The van der Waals surface area contributed by atoms with Crippen molar-refractivity contribution in [1.29, 1.82) is 0 Å². The lowest BCUT2D eigenvalue weighted by atomic mass is 9.88. The summed E-state index contributed by atoms with van der Waals surface area (Å²) < 4.78 is 0. The second-order valence-electron chi connectivity index (χ2n) is 4.62. The third-order valence-electron chi connectivity index (χ3n) is 3.10. The van der Waals surface area contributed by atoms with Crippen LogP contribution in [0.2, 0.25) is 0 Å². The standard InChI is InChI=1S/C11H21N3O3/c1-4-5-11(17)6-14(7-11)8(2)9(15)13-10(16)12-3/h8,17H,4-7H2,1-3H3,(H2,12,13,15,16). The lowest BCUT2D eigenvalue weighted by Gasteiger charge is -2.48. The summed E-state index contributed by atoms with van der Waals surface area (Å²) in [6, 6.07) is -0.907. The van der Waals surface area contributed by atoms with Crippen LogP contribution in [-0.4, -0.2) is 53.7 Å². The van der Waals surface area contributed by atoms with Gasteiger partial charge in [0.05, 0.1) is 11.6 Å². The Hall–Kier alpha value is -1.14. The molecule has 3 N–H and O–H groups in total. The highest BCUT2D eigenvalue weighted by atomic mass is 16.3. The molecule has 0 aromatic rings. The summed E-state index contributed by atoms with van der Waals surface area (Å²) in [5.41, 5.74) is -0.656. The fourth-order valence-corrected chi connectivity index (χ4v) is 2.05. The number of urea groups is 1. The van der Waals surface area contributed by atoms with E-state index in [0.29, 0.717) is 13.1 Å². The second kappa shape index (κ2) is 5.46. The second-order valence-corrected chi connectivity index (χ2v) is 4.62. The largest absolute Gasteiger partial charge is 0.387 e. The lowest BCUT2D eigenvalue weighted by Crippen LogP contribution is -2.66. The smallest absolute Gasteiger partial charge is 0.321 e. The molecule has 0 aliphatic carbocycles. The van der Waals surface area contributed by atoms with E-state index in [-0.39, 0.29) is 5.91 Å². The van der Waals surface area contributed by atoms with Gasteiger partial charge in [0.15, 0.2) is 0 Å². The van der Waals surface area contributed by atoms with Gasteiger partial charge in [-0.15, -0.1) is 0 Å². The number of rotatable bonds is 4. The Kier molecular flexibility index (Phi) is 4.47. The Morgan fingerprint density at radius 1 is 1.47 bits per heavy atom. The van der Waals surface area contributed by atoms with E-state index in [4.69, 9.17) is 0 Å². The van der Waals surface area contributed by atoms with Crippen LogP contribution in [0, 0.1) is 0 Å². The third-order valence-corrected chi connectivity index (χ3v) is 3.10. The maximum Gasteiger partial charge on any atom is 0.321 e. The van der Waals surface area contributed by atoms with E-state index in [0.717, 1.165) is 12.8 Å². The molecule has 6 heteroatoms. The molecule has 1 rings (SSSR count). The molecule has 1 aliphatic rings. The number of imide groups is 1. The number of amides is 3. The van der Waals surface area contributed by atoms with Crippen molar-refractivity contribution in [3.05, 3.63) is 0 Å². The molecule has 0 aromatic carbocycles. The summed E-state index contributed by atoms with van der Waals surface area (Å²) in [4.78, 5) is 24.4. The van der Waals surface area contributed by atoms with Gasteiger partial charge < -0.3 is 10.4 Å². The summed E-state index contributed by atoms with van der Waals surface area (Å²) in [5.74, 6) is -0.345. The Bertz CT molecular complexity index is 300. The maximum absolute atomic E-state index is 11.6. The summed E-state index contributed by atoms with van der Waals surface area (Å²) >= 11 is 0. The fraction of sp³-hybridized carbons (Fsp3) is 0.818. The van der Waals surface area contributed by atoms with E-state index in [2.05, 4.69) is 10.6 Å². The topological polar surface area (TPSA) is 81.7 Å². The molecular weight excluding hydrogens is 222 g/mol. The molecule has 1 saturated heterocycles. The van der Waals surface area contributed by atoms with Crippen molar-refractivity contribution in [1.82, 2.24) is 15.5 Å². The quantitative estimate of drug-likeness (QED) is 0.632. The van der Waals surface area contributed by atoms with Crippen molar-refractivity contribution >= 4 is 11.9 Å². The van der Waals surface area contributed by atoms with Crippen LogP contribution >= 0.6 is 0 Å². The number of aliphatic hydroxyl groups is 1. The van der Waals surface area contributed by atoms with E-state index >= 15 is 0 Å². The first-order valence-corrected chi connectivity index (χ1v) is 5.91. The SMILES string of the molecule is CCCC1(O)CN(C(C)C(=O)NC(=O)NC)C1. The van der Waals surface area contributed by atoms with Gasteiger partial charge in [-0.25, -0.2) is 4.79 Å². The summed E-state index contributed by atoms with van der Waals surface area (Å²) in [6.45, 7) is 4.72. The van der Waals surface area contributed by atoms with Crippen LogP contribution in [0.3, 0.4) is 0 Å². The van der Waals surface area contributed by atoms with Crippen LogP contribution in [-0.2, 0) is 4.79 Å². The van der Waals surface area contributed by atoms with E-state index in [1.807, 2.05) is 11.8 Å². The Labute approximate surface area is 101 Å². The predicted molar refractivity (Wildman–Crippen MR) is 63.5 cm³/mol. The lowest BCUT2D eigenvalue weighted by molar-refractivity contribution is -0.142. The minimum absolute atomic E-state index is 0.345. The molecule has 1 atom stereocenters. The molecule has 0 spiro atoms. The number of likely N-dealkylation sites (tertiary alicyclic amines) is 1. The van der Waals surface area contributed by atoms with Crippen molar-refractivity contribution < 1.29 is 14.7 Å². The molecule has 0 radical (unpaired) electrons. The Morgan fingerprint density at radius 2 is 2.06 bits per heavy atom. The van der Waals surface area contributed by atoms with Gasteiger partial charge in [-0.3, -0.25) is 15.0 Å². The van der Waals surface area contributed by atoms with Gasteiger partial charge >= 0.3 is 6.03 Å². The average Bonchev–Trinajstić information content (AvgIpc) is 2.24. The molecule has 1 aliphatic heterocycles. The molecule has 0 aromatic heterocycles. The summed E-state index contributed by atoms with van der Waals surface area (Å²) in [5, 5.41) is 14.5. The number of β-amino-alcohol motifs (C(OH)–C–C–N with tert-alkyl or cyclic N) is 1. The summed E-state index contributed by atoms with van der Waals surface area (Å²) in [7, 11) is 1.46. The molecule has 3 amide bonds. The highest BCUT2D eigenvalue weighted by molar-refractivity contribution is 5.96. The van der Waals surface area contributed by atoms with Crippen LogP contribution in [0.1, 0.15) is 26.7 Å². The van der Waals surface area contributed by atoms with Gasteiger partial charge in [0.25, 0.3) is 0 Å². The third kappa shape index (κ3) is 3.41. The molecule has 0 bridgehead atoms. The first-order chi connectivity index (χ1) is 7.91. The van der Waals surface area contributed by atoms with Crippen molar-refractivity contribution in [2.24, 2.45) is 0 Å². The first kappa shape index (κ1) is 13.9. The average molecular weight is 243 g/mol. The highest BCUT2D eigenvalue weighted by Gasteiger charge is 2.43. The van der Waals surface area contributed by atoms with Gasteiger partial charge in [-0.2, -0.15) is 0 Å². The van der Waals surface area contributed by atoms with Gasteiger partial charge in [0.1, 0.15) is 0 Å². The number of hydrogen-bond donors (Lipinski definition) is 3. The maximum atomic E-state index is 11.6. The van der Waals surface area contributed by atoms with Gasteiger partial charge in [-0.1, -0.05) is 13.3 Å². The van der Waals surface area contributed by atoms with Gasteiger partial charge in [0, 0.05) is 20.1 Å². The normalized spacial score (nSPS) is 20.2. The molecule has 6 nitrogen and oxygen atoms in total. The van der Waals surface area contributed by atoms with Crippen molar-refractivity contribution in [2.75, 3.05) is 20.1 Å². The van der Waals surface area contributed by atoms with Crippen molar-refractivity contribution in [3.8, 4) is 0 Å². The Morgan fingerprint density at radius 3 is 2.53 bits per heavy atom. The zero-order chi connectivity index (χ0) is 13.1. The molecule has 17 heavy (non-hydrogen) atoms. The van der Waals surface area contributed by atoms with Gasteiger partial charge in [-0.05, 0) is 13.3 Å². The minimum Gasteiger partial charge on any atom is -0.387 e. The zero-order valence-electron chi connectivity index (χ0n) is 10.6. The molecule has 1 unspecified atom stereocenters. The van der Waals surface area contributed by atoms with Crippen LogP contribution in [0.15, 0.2) is 0 Å². The van der Waals surface area contributed by atoms with E-state index in [1.165, 1.54) is 7.05 Å². The molecular formula is C11H21N3O3. The van der Waals surface area contributed by atoms with E-state index < -0.39 is 17.7 Å². The van der Waals surface area contributed by atoms with E-state index in [1.54, 1.807) is 6.92 Å². The van der Waals surface area contributed by atoms with Crippen LogP contribution < -0.4 is 10.6 Å². The first-order valence-electron chi connectivity index (χ1n) is 5.91. The number of carbonyl (C=O) groups excluding carboxylic acids is 2. The van der Waals surface area contributed by atoms with Crippen molar-refractivity contribution in [3.63, 3.8) is 0 Å². The minimum atomic E-state index is -0.656. The summed E-state index contributed by atoms with van der Waals surface area (Å²) in [6.07, 6.45) is 1.66. The van der Waals surface area contributed by atoms with Crippen LogP contribution in [0.4, 0.5) is 4.79 Å². The molecule has 0 saturated carbocycles. The molecule has 1 heterocycles. The molecule has 1 fully saturated rings. The highest BCUT2D eigenvalue weighted by Crippen LogP contribution is 2.27. The monoisotopic (exact) mass is 243 g/mol. The Balaban J connectivity index is 2.38. The van der Waals surface area contributed by atoms with Crippen molar-refractivity contribution in [2.45, 2.75) is 38.3 Å².